The summed E-state index contributed by atoms with van der Waals surface area (Å²) in [5, 5.41) is -0.254. The fourth-order valence-corrected chi connectivity index (χ4v) is 3.39. The third kappa shape index (κ3) is 3.48. The smallest absolute Gasteiger partial charge is 0.240 e. The molecule has 5 nitrogen and oxygen atoms in total. The second-order valence-corrected chi connectivity index (χ2v) is 7.06. The van der Waals surface area contributed by atoms with Gasteiger partial charge >= 0.3 is 0 Å². The fourth-order valence-electron chi connectivity index (χ4n) is 2.12. The van der Waals surface area contributed by atoms with Gasteiger partial charge in [0.15, 0.2) is 5.76 Å². The van der Waals surface area contributed by atoms with Crippen molar-refractivity contribution in [2.24, 2.45) is 0 Å². The molecule has 1 N–H and O–H groups in total. The van der Waals surface area contributed by atoms with E-state index in [1.54, 1.807) is 30.5 Å². The summed E-state index contributed by atoms with van der Waals surface area (Å²) in [6.45, 7) is 0.00119. The molecule has 0 bridgehead atoms. The van der Waals surface area contributed by atoms with E-state index in [-0.39, 0.29) is 16.5 Å². The van der Waals surface area contributed by atoms with Crippen LogP contribution in [0.1, 0.15) is 5.56 Å². The second kappa shape index (κ2) is 6.72. The van der Waals surface area contributed by atoms with Crippen LogP contribution in [0.15, 0.2) is 64.2 Å². The number of nitrogens with one attached hydrogen (secondary N) is 1. The van der Waals surface area contributed by atoms with E-state index in [0.717, 1.165) is 18.2 Å². The van der Waals surface area contributed by atoms with Crippen molar-refractivity contribution in [3.63, 3.8) is 0 Å². The van der Waals surface area contributed by atoms with Gasteiger partial charge in [-0.25, -0.2) is 17.5 Å². The standard InChI is InChI=1S/C16H12ClFN2O3S/c17-13-9-12(5-6-14(13)18)24(21,22)20-10-11-3-1-7-19-16(11)15-4-2-8-23-15/h1-9,20H,10H2. The lowest BCUT2D eigenvalue weighted by Gasteiger charge is -2.09. The summed E-state index contributed by atoms with van der Waals surface area (Å²) in [4.78, 5) is 4.11. The van der Waals surface area contributed by atoms with Crippen LogP contribution in [0.2, 0.25) is 5.02 Å². The van der Waals surface area contributed by atoms with Crippen LogP contribution in [0, 0.1) is 5.82 Å². The Morgan fingerprint density at radius 3 is 2.75 bits per heavy atom. The van der Waals surface area contributed by atoms with E-state index in [0.29, 0.717) is 17.0 Å². The number of aromatic nitrogens is 1. The molecule has 0 saturated heterocycles. The zero-order chi connectivity index (χ0) is 17.2. The highest BCUT2D eigenvalue weighted by molar-refractivity contribution is 7.89. The Hall–Kier alpha value is -2.22. The van der Waals surface area contributed by atoms with Gasteiger partial charge in [-0.3, -0.25) is 4.98 Å². The van der Waals surface area contributed by atoms with E-state index in [9.17, 15) is 12.8 Å². The summed E-state index contributed by atoms with van der Waals surface area (Å²) in [5.74, 6) is -0.141. The largest absolute Gasteiger partial charge is 0.463 e. The number of hydrogen-bond donors (Lipinski definition) is 1. The Labute approximate surface area is 143 Å². The molecule has 0 fully saturated rings. The Bertz CT molecular complexity index is 959. The van der Waals surface area contributed by atoms with Gasteiger partial charge in [0.1, 0.15) is 11.5 Å². The fraction of sp³-hybridized carbons (Fsp3) is 0.0625. The summed E-state index contributed by atoms with van der Waals surface area (Å²) in [7, 11) is -3.84. The normalized spacial score (nSPS) is 11.6. The summed E-state index contributed by atoms with van der Waals surface area (Å²) in [6, 6.07) is 10.1. The number of hydrogen-bond acceptors (Lipinski definition) is 4. The molecule has 0 unspecified atom stereocenters. The van der Waals surface area contributed by atoms with Crippen molar-refractivity contribution >= 4 is 21.6 Å². The Balaban J connectivity index is 1.84. The van der Waals surface area contributed by atoms with Crippen LogP contribution in [0.4, 0.5) is 4.39 Å². The zero-order valence-electron chi connectivity index (χ0n) is 12.2. The Morgan fingerprint density at radius 2 is 2.04 bits per heavy atom. The van der Waals surface area contributed by atoms with Crippen molar-refractivity contribution < 1.29 is 17.2 Å². The zero-order valence-corrected chi connectivity index (χ0v) is 13.8. The molecule has 0 amide bonds. The van der Waals surface area contributed by atoms with Gasteiger partial charge in [0.2, 0.25) is 10.0 Å². The van der Waals surface area contributed by atoms with Gasteiger partial charge in [0.05, 0.1) is 16.2 Å². The van der Waals surface area contributed by atoms with Crippen LogP contribution in [0.5, 0.6) is 0 Å². The lowest BCUT2D eigenvalue weighted by molar-refractivity contribution is 0.574. The first-order chi connectivity index (χ1) is 11.5. The van der Waals surface area contributed by atoms with Crippen molar-refractivity contribution in [2.45, 2.75) is 11.4 Å². The van der Waals surface area contributed by atoms with E-state index >= 15 is 0 Å². The van der Waals surface area contributed by atoms with Crippen molar-refractivity contribution in [3.05, 3.63) is 71.3 Å². The minimum Gasteiger partial charge on any atom is -0.463 e. The lowest BCUT2D eigenvalue weighted by Crippen LogP contribution is -2.23. The van der Waals surface area contributed by atoms with Crippen LogP contribution >= 0.6 is 11.6 Å². The molecule has 0 aliphatic heterocycles. The molecule has 2 aromatic heterocycles. The van der Waals surface area contributed by atoms with E-state index < -0.39 is 15.8 Å². The highest BCUT2D eigenvalue weighted by atomic mass is 35.5. The molecule has 0 radical (unpaired) electrons. The van der Waals surface area contributed by atoms with Crippen molar-refractivity contribution in [3.8, 4) is 11.5 Å². The average molecular weight is 367 g/mol. The number of furan rings is 1. The molecule has 2 heterocycles. The van der Waals surface area contributed by atoms with E-state index in [4.69, 9.17) is 16.0 Å². The van der Waals surface area contributed by atoms with Crippen LogP contribution in [-0.2, 0) is 16.6 Å². The molecular weight excluding hydrogens is 355 g/mol. The van der Waals surface area contributed by atoms with Crippen LogP contribution in [0.25, 0.3) is 11.5 Å². The first-order valence-corrected chi connectivity index (χ1v) is 8.76. The van der Waals surface area contributed by atoms with Gasteiger partial charge in [-0.15, -0.1) is 0 Å². The summed E-state index contributed by atoms with van der Waals surface area (Å²) in [5.41, 5.74) is 1.19. The monoisotopic (exact) mass is 366 g/mol. The first kappa shape index (κ1) is 16.6. The number of rotatable bonds is 5. The van der Waals surface area contributed by atoms with Gasteiger partial charge in [-0.05, 0) is 42.0 Å². The third-order valence-corrected chi connectivity index (χ3v) is 4.99. The molecule has 124 valence electrons. The molecule has 0 saturated carbocycles. The molecule has 8 heteroatoms. The molecule has 0 aliphatic carbocycles. The van der Waals surface area contributed by atoms with E-state index in [2.05, 4.69) is 9.71 Å². The second-order valence-electron chi connectivity index (χ2n) is 4.89. The van der Waals surface area contributed by atoms with Gasteiger partial charge in [0, 0.05) is 12.7 Å². The predicted octanol–water partition coefficient (Wildman–Crippen LogP) is 3.61. The maximum Gasteiger partial charge on any atom is 0.240 e. The number of halogens is 2. The summed E-state index contributed by atoms with van der Waals surface area (Å²) in [6.07, 6.45) is 3.11. The van der Waals surface area contributed by atoms with Crippen LogP contribution in [-0.4, -0.2) is 13.4 Å². The highest BCUT2D eigenvalue weighted by Crippen LogP contribution is 2.23. The number of pyridine rings is 1. The molecule has 3 aromatic rings. The first-order valence-electron chi connectivity index (χ1n) is 6.90. The predicted molar refractivity (Wildman–Crippen MR) is 87.4 cm³/mol. The van der Waals surface area contributed by atoms with Gasteiger partial charge in [-0.2, -0.15) is 0 Å². The maximum absolute atomic E-state index is 13.2. The molecule has 0 spiro atoms. The minimum absolute atomic E-state index is 0.00119. The Kier molecular flexibility index (Phi) is 4.66. The Morgan fingerprint density at radius 1 is 1.21 bits per heavy atom. The number of benzene rings is 1. The van der Waals surface area contributed by atoms with Crippen LogP contribution in [0.3, 0.4) is 0 Å². The van der Waals surface area contributed by atoms with E-state index in [1.165, 1.54) is 6.26 Å². The molecule has 3 rings (SSSR count). The molecule has 1 aromatic carbocycles. The quantitative estimate of drug-likeness (QED) is 0.748. The SMILES string of the molecule is O=S(=O)(NCc1cccnc1-c1ccco1)c1ccc(F)c(Cl)c1. The van der Waals surface area contributed by atoms with Crippen molar-refractivity contribution in [1.29, 1.82) is 0 Å². The lowest BCUT2D eigenvalue weighted by atomic mass is 10.1. The topological polar surface area (TPSA) is 72.2 Å². The van der Waals surface area contributed by atoms with Crippen molar-refractivity contribution in [2.75, 3.05) is 0 Å². The minimum atomic E-state index is -3.84. The molecular formula is C16H12ClFN2O3S. The third-order valence-electron chi connectivity index (χ3n) is 3.30. The van der Waals surface area contributed by atoms with Gasteiger partial charge in [0.25, 0.3) is 0 Å². The van der Waals surface area contributed by atoms with E-state index in [1.807, 2.05) is 0 Å². The molecule has 0 aliphatic rings. The van der Waals surface area contributed by atoms with Gasteiger partial charge in [-0.1, -0.05) is 17.7 Å². The van der Waals surface area contributed by atoms with Crippen LogP contribution < -0.4 is 4.72 Å². The van der Waals surface area contributed by atoms with Gasteiger partial charge < -0.3 is 4.42 Å². The molecule has 0 atom stereocenters. The maximum atomic E-state index is 13.2. The summed E-state index contributed by atoms with van der Waals surface area (Å²) >= 11 is 5.64. The molecule has 24 heavy (non-hydrogen) atoms. The summed E-state index contributed by atoms with van der Waals surface area (Å²) < 4.78 is 45.6. The van der Waals surface area contributed by atoms with Crippen molar-refractivity contribution in [1.82, 2.24) is 9.71 Å². The number of nitrogens with zero attached hydrogens (tertiary/aromatic N) is 1. The number of sulfonamides is 1. The highest BCUT2D eigenvalue weighted by Gasteiger charge is 2.17. The average Bonchev–Trinajstić information content (AvgIpc) is 3.10.